The van der Waals surface area contributed by atoms with E-state index in [9.17, 15) is 10.1 Å². The third-order valence-corrected chi connectivity index (χ3v) is 3.15. The van der Waals surface area contributed by atoms with Crippen LogP contribution >= 0.6 is 0 Å². The molecular formula is C14H12N4O2. The first-order valence-corrected chi connectivity index (χ1v) is 6.08. The van der Waals surface area contributed by atoms with Crippen LogP contribution in [0.25, 0.3) is 10.9 Å². The number of benzene rings is 2. The molecular weight excluding hydrogens is 256 g/mol. The summed E-state index contributed by atoms with van der Waals surface area (Å²) in [5.41, 5.74) is 8.45. The van der Waals surface area contributed by atoms with Crippen LogP contribution in [0.5, 0.6) is 0 Å². The zero-order valence-corrected chi connectivity index (χ0v) is 10.6. The first kappa shape index (κ1) is 12.2. The topological polar surface area (TPSA) is 87.0 Å². The molecule has 0 spiro atoms. The van der Waals surface area contributed by atoms with Crippen molar-refractivity contribution in [1.82, 2.24) is 9.78 Å². The van der Waals surface area contributed by atoms with Crippen molar-refractivity contribution in [3.8, 4) is 0 Å². The molecule has 6 nitrogen and oxygen atoms in total. The van der Waals surface area contributed by atoms with Gasteiger partial charge in [-0.2, -0.15) is 5.10 Å². The summed E-state index contributed by atoms with van der Waals surface area (Å²) in [7, 11) is 0. The summed E-state index contributed by atoms with van der Waals surface area (Å²) in [5, 5.41) is 15.9. The van der Waals surface area contributed by atoms with Crippen molar-refractivity contribution in [3.05, 3.63) is 64.3 Å². The van der Waals surface area contributed by atoms with Gasteiger partial charge in [-0.25, -0.2) is 0 Å². The van der Waals surface area contributed by atoms with Crippen LogP contribution in [0.1, 0.15) is 5.56 Å². The van der Waals surface area contributed by atoms with E-state index in [1.807, 2.05) is 22.9 Å². The number of nitrogens with zero attached hydrogens (tertiary/aromatic N) is 3. The molecule has 0 bridgehead atoms. The molecule has 3 aromatic rings. The van der Waals surface area contributed by atoms with Crippen LogP contribution < -0.4 is 5.73 Å². The summed E-state index contributed by atoms with van der Waals surface area (Å²) in [6.45, 7) is 0.547. The molecule has 20 heavy (non-hydrogen) atoms. The van der Waals surface area contributed by atoms with Gasteiger partial charge >= 0.3 is 0 Å². The number of aromatic nitrogens is 2. The molecule has 0 fully saturated rings. The third kappa shape index (κ3) is 2.18. The molecule has 0 aliphatic carbocycles. The first-order valence-electron chi connectivity index (χ1n) is 6.08. The molecule has 1 heterocycles. The van der Waals surface area contributed by atoms with Gasteiger partial charge in [-0.1, -0.05) is 12.1 Å². The number of fused-ring (bicyclic) bond motifs is 1. The van der Waals surface area contributed by atoms with Crippen LogP contribution in [-0.2, 0) is 6.54 Å². The fourth-order valence-electron chi connectivity index (χ4n) is 2.11. The Morgan fingerprint density at radius 1 is 1.20 bits per heavy atom. The average Bonchev–Trinajstić information content (AvgIpc) is 2.82. The normalized spacial score (nSPS) is 10.8. The van der Waals surface area contributed by atoms with Gasteiger partial charge in [0.1, 0.15) is 0 Å². The van der Waals surface area contributed by atoms with Crippen molar-refractivity contribution in [1.29, 1.82) is 0 Å². The van der Waals surface area contributed by atoms with Gasteiger partial charge in [0.15, 0.2) is 0 Å². The van der Waals surface area contributed by atoms with E-state index < -0.39 is 4.92 Å². The van der Waals surface area contributed by atoms with Gasteiger partial charge in [0.25, 0.3) is 5.69 Å². The van der Waals surface area contributed by atoms with E-state index in [-0.39, 0.29) is 5.69 Å². The number of nitro benzene ring substituents is 1. The second kappa shape index (κ2) is 4.65. The Kier molecular flexibility index (Phi) is 2.83. The molecule has 0 aliphatic rings. The number of rotatable bonds is 3. The largest absolute Gasteiger partial charge is 0.399 e. The Morgan fingerprint density at radius 2 is 1.95 bits per heavy atom. The zero-order chi connectivity index (χ0) is 14.1. The number of hydrogen-bond donors (Lipinski definition) is 1. The molecule has 6 heteroatoms. The van der Waals surface area contributed by atoms with Gasteiger partial charge in [-0.05, 0) is 23.8 Å². The van der Waals surface area contributed by atoms with Crippen molar-refractivity contribution < 1.29 is 4.92 Å². The molecule has 3 rings (SSSR count). The van der Waals surface area contributed by atoms with Crippen LogP contribution in [0.3, 0.4) is 0 Å². The van der Waals surface area contributed by atoms with Crippen LogP contribution in [0.15, 0.2) is 48.7 Å². The van der Waals surface area contributed by atoms with E-state index in [0.717, 1.165) is 16.5 Å². The van der Waals surface area contributed by atoms with Gasteiger partial charge in [-0.15, -0.1) is 0 Å². The van der Waals surface area contributed by atoms with Crippen molar-refractivity contribution in [2.75, 3.05) is 5.73 Å². The number of non-ortho nitro benzene ring substituents is 1. The first-order chi connectivity index (χ1) is 9.63. The number of nitro groups is 1. The summed E-state index contributed by atoms with van der Waals surface area (Å²) < 4.78 is 1.83. The minimum atomic E-state index is -0.409. The van der Waals surface area contributed by atoms with Gasteiger partial charge in [0.05, 0.1) is 23.2 Å². The Bertz CT molecular complexity index is 777. The van der Waals surface area contributed by atoms with E-state index in [1.165, 1.54) is 12.1 Å². The molecule has 0 unspecified atom stereocenters. The lowest BCUT2D eigenvalue weighted by Crippen LogP contribution is -2.01. The SMILES string of the molecule is Nc1ccc2cnn(Cc3ccc([N+](=O)[O-])cc3)c2c1. The van der Waals surface area contributed by atoms with Crippen molar-refractivity contribution in [2.24, 2.45) is 0 Å². The molecule has 2 aromatic carbocycles. The number of hydrogen-bond acceptors (Lipinski definition) is 4. The molecule has 0 aliphatic heterocycles. The predicted molar refractivity (Wildman–Crippen MR) is 76.3 cm³/mol. The molecule has 0 radical (unpaired) electrons. The van der Waals surface area contributed by atoms with Crippen molar-refractivity contribution in [2.45, 2.75) is 6.54 Å². The number of nitrogens with two attached hydrogens (primary N) is 1. The Labute approximate surface area is 114 Å². The molecule has 0 saturated carbocycles. The number of nitrogen functional groups attached to an aromatic ring is 1. The Balaban J connectivity index is 1.92. The molecule has 0 amide bonds. The second-order valence-corrected chi connectivity index (χ2v) is 4.54. The van der Waals surface area contributed by atoms with Crippen molar-refractivity contribution >= 4 is 22.3 Å². The van der Waals surface area contributed by atoms with Gasteiger partial charge in [-0.3, -0.25) is 14.8 Å². The van der Waals surface area contributed by atoms with Crippen LogP contribution in [0, 0.1) is 10.1 Å². The molecule has 1 aromatic heterocycles. The highest BCUT2D eigenvalue weighted by Crippen LogP contribution is 2.19. The molecule has 0 saturated heterocycles. The molecule has 100 valence electrons. The van der Waals surface area contributed by atoms with Crippen LogP contribution in [0.2, 0.25) is 0 Å². The highest BCUT2D eigenvalue weighted by atomic mass is 16.6. The lowest BCUT2D eigenvalue weighted by Gasteiger charge is -2.04. The van der Waals surface area contributed by atoms with Gasteiger partial charge in [0, 0.05) is 23.2 Å². The smallest absolute Gasteiger partial charge is 0.269 e. The molecule has 2 N–H and O–H groups in total. The maximum atomic E-state index is 10.6. The highest BCUT2D eigenvalue weighted by molar-refractivity contribution is 5.81. The Hall–Kier alpha value is -2.89. The fraction of sp³-hybridized carbons (Fsp3) is 0.0714. The third-order valence-electron chi connectivity index (χ3n) is 3.15. The van der Waals surface area contributed by atoms with Gasteiger partial charge in [0.2, 0.25) is 0 Å². The van der Waals surface area contributed by atoms with Crippen LogP contribution in [-0.4, -0.2) is 14.7 Å². The van der Waals surface area contributed by atoms with E-state index in [4.69, 9.17) is 5.73 Å². The van der Waals surface area contributed by atoms with Crippen molar-refractivity contribution in [3.63, 3.8) is 0 Å². The van der Waals surface area contributed by atoms with E-state index in [1.54, 1.807) is 18.3 Å². The quantitative estimate of drug-likeness (QED) is 0.449. The average molecular weight is 268 g/mol. The Morgan fingerprint density at radius 3 is 2.65 bits per heavy atom. The zero-order valence-electron chi connectivity index (χ0n) is 10.6. The molecule has 0 atom stereocenters. The predicted octanol–water partition coefficient (Wildman–Crippen LogP) is 2.58. The summed E-state index contributed by atoms with van der Waals surface area (Å²) in [6.07, 6.45) is 1.78. The maximum absolute atomic E-state index is 10.6. The van der Waals surface area contributed by atoms with Gasteiger partial charge < -0.3 is 5.73 Å². The summed E-state index contributed by atoms with van der Waals surface area (Å²) in [5.74, 6) is 0. The summed E-state index contributed by atoms with van der Waals surface area (Å²) >= 11 is 0. The van der Waals surface area contributed by atoms with Crippen LogP contribution in [0.4, 0.5) is 11.4 Å². The fourth-order valence-corrected chi connectivity index (χ4v) is 2.11. The van der Waals surface area contributed by atoms with E-state index >= 15 is 0 Å². The lowest BCUT2D eigenvalue weighted by molar-refractivity contribution is -0.384. The van der Waals surface area contributed by atoms with E-state index in [0.29, 0.717) is 12.2 Å². The minimum absolute atomic E-state index is 0.0864. The second-order valence-electron chi connectivity index (χ2n) is 4.54. The maximum Gasteiger partial charge on any atom is 0.269 e. The standard InChI is InChI=1S/C14H12N4O2/c15-12-4-3-11-8-16-17(14(11)7-12)9-10-1-5-13(6-2-10)18(19)20/h1-8H,9,15H2. The monoisotopic (exact) mass is 268 g/mol. The summed E-state index contributed by atoms with van der Waals surface area (Å²) in [4.78, 5) is 10.2. The minimum Gasteiger partial charge on any atom is -0.399 e. The number of anilines is 1. The van der Waals surface area contributed by atoms with E-state index in [2.05, 4.69) is 5.10 Å². The highest BCUT2D eigenvalue weighted by Gasteiger charge is 2.07. The summed E-state index contributed by atoms with van der Waals surface area (Å²) in [6, 6.07) is 12.1. The lowest BCUT2D eigenvalue weighted by atomic mass is 10.2.